The van der Waals surface area contributed by atoms with Crippen LogP contribution in [0.4, 0.5) is 22.0 Å². The van der Waals surface area contributed by atoms with Crippen LogP contribution in [0.3, 0.4) is 0 Å². The molecular weight excluding hydrogens is 279 g/mol. The Morgan fingerprint density at radius 3 is 1.89 bits per heavy atom. The lowest BCUT2D eigenvalue weighted by molar-refractivity contribution is -0.282. The first-order valence-electron chi connectivity index (χ1n) is 5.67. The number of sulfone groups is 1. The Bertz CT molecular complexity index is 335. The first kappa shape index (κ1) is 17.6. The minimum absolute atomic E-state index is 0.299. The highest BCUT2D eigenvalue weighted by atomic mass is 32.2. The second kappa shape index (κ2) is 6.68. The van der Waals surface area contributed by atoms with Crippen LogP contribution in [0.25, 0.3) is 0 Å². The minimum Gasteiger partial charge on any atom is -0.229 e. The van der Waals surface area contributed by atoms with Crippen LogP contribution >= 0.6 is 0 Å². The van der Waals surface area contributed by atoms with E-state index < -0.39 is 34.1 Å². The Hall–Kier alpha value is -0.400. The Morgan fingerprint density at radius 2 is 1.44 bits per heavy atom. The Kier molecular flexibility index (Phi) is 6.53. The quantitative estimate of drug-likeness (QED) is 0.507. The summed E-state index contributed by atoms with van der Waals surface area (Å²) >= 11 is 0. The standard InChI is InChI=1S/C10H17F5O2S/c1-2-3-4-5-7-18(16,17)8-6-9(11,12)10(13,14)15/h2-8H2,1H3. The molecule has 0 N–H and O–H groups in total. The molecule has 0 amide bonds. The minimum atomic E-state index is -5.69. The summed E-state index contributed by atoms with van der Waals surface area (Å²) in [5.41, 5.74) is 0. The molecule has 0 aromatic heterocycles. The van der Waals surface area contributed by atoms with Crippen molar-refractivity contribution in [3.63, 3.8) is 0 Å². The van der Waals surface area contributed by atoms with Gasteiger partial charge in [0.2, 0.25) is 0 Å². The highest BCUT2D eigenvalue weighted by Crippen LogP contribution is 2.38. The molecular formula is C10H17F5O2S. The van der Waals surface area contributed by atoms with E-state index >= 15 is 0 Å². The van der Waals surface area contributed by atoms with Crippen molar-refractivity contribution in [2.24, 2.45) is 0 Å². The maximum absolute atomic E-state index is 12.5. The van der Waals surface area contributed by atoms with Crippen LogP contribution in [0, 0.1) is 0 Å². The summed E-state index contributed by atoms with van der Waals surface area (Å²) in [7, 11) is -3.84. The van der Waals surface area contributed by atoms with Gasteiger partial charge in [-0.25, -0.2) is 8.42 Å². The Balaban J connectivity index is 4.19. The molecule has 0 saturated heterocycles. The average molecular weight is 296 g/mol. The van der Waals surface area contributed by atoms with Gasteiger partial charge in [-0.2, -0.15) is 22.0 Å². The summed E-state index contributed by atoms with van der Waals surface area (Å²) in [4.78, 5) is 0. The lowest BCUT2D eigenvalue weighted by Gasteiger charge is -2.19. The van der Waals surface area contributed by atoms with Gasteiger partial charge in [0.25, 0.3) is 0 Å². The molecule has 0 unspecified atom stereocenters. The van der Waals surface area contributed by atoms with Crippen LogP contribution < -0.4 is 0 Å². The van der Waals surface area contributed by atoms with E-state index in [2.05, 4.69) is 0 Å². The normalized spacial score (nSPS) is 13.9. The van der Waals surface area contributed by atoms with Crippen molar-refractivity contribution < 1.29 is 30.4 Å². The molecule has 0 saturated carbocycles. The van der Waals surface area contributed by atoms with Crippen molar-refractivity contribution in [1.29, 1.82) is 0 Å². The molecule has 0 fully saturated rings. The molecule has 0 aliphatic heterocycles. The van der Waals surface area contributed by atoms with Crippen molar-refractivity contribution in [3.05, 3.63) is 0 Å². The first-order valence-corrected chi connectivity index (χ1v) is 7.49. The molecule has 0 aliphatic carbocycles. The van der Waals surface area contributed by atoms with Crippen LogP contribution in [0.1, 0.15) is 39.0 Å². The van der Waals surface area contributed by atoms with Crippen LogP contribution in [0.2, 0.25) is 0 Å². The third-order valence-corrected chi connectivity index (χ3v) is 4.19. The largest absolute Gasteiger partial charge is 0.453 e. The Morgan fingerprint density at radius 1 is 0.889 bits per heavy atom. The molecule has 8 heteroatoms. The fourth-order valence-corrected chi connectivity index (χ4v) is 2.69. The average Bonchev–Trinajstić information content (AvgIpc) is 2.21. The highest BCUT2D eigenvalue weighted by Gasteiger charge is 2.57. The van der Waals surface area contributed by atoms with Gasteiger partial charge in [0.15, 0.2) is 9.84 Å². The van der Waals surface area contributed by atoms with Crippen molar-refractivity contribution in [2.75, 3.05) is 11.5 Å². The van der Waals surface area contributed by atoms with Crippen molar-refractivity contribution in [3.8, 4) is 0 Å². The van der Waals surface area contributed by atoms with Crippen LogP contribution in [0.5, 0.6) is 0 Å². The van der Waals surface area contributed by atoms with Crippen LogP contribution in [-0.4, -0.2) is 32.0 Å². The number of rotatable bonds is 8. The number of alkyl halides is 5. The van der Waals surface area contributed by atoms with E-state index in [9.17, 15) is 30.4 Å². The molecule has 2 nitrogen and oxygen atoms in total. The summed E-state index contributed by atoms with van der Waals surface area (Å²) in [5.74, 6) is -6.41. The molecule has 0 atom stereocenters. The fraction of sp³-hybridized carbons (Fsp3) is 1.00. The molecule has 0 heterocycles. The van der Waals surface area contributed by atoms with Gasteiger partial charge in [0, 0.05) is 6.42 Å². The van der Waals surface area contributed by atoms with Crippen LogP contribution in [-0.2, 0) is 9.84 Å². The predicted octanol–water partition coefficient (Wildman–Crippen LogP) is 3.57. The van der Waals surface area contributed by atoms with E-state index in [-0.39, 0.29) is 5.75 Å². The second-order valence-corrected chi connectivity index (χ2v) is 6.47. The lowest BCUT2D eigenvalue weighted by atomic mass is 10.2. The molecule has 110 valence electrons. The molecule has 0 aromatic rings. The maximum Gasteiger partial charge on any atom is 0.453 e. The van der Waals surface area contributed by atoms with Gasteiger partial charge in [0.1, 0.15) is 0 Å². The molecule has 0 radical (unpaired) electrons. The van der Waals surface area contributed by atoms with Crippen LogP contribution in [0.15, 0.2) is 0 Å². The number of hydrogen-bond acceptors (Lipinski definition) is 2. The molecule has 0 spiro atoms. The molecule has 0 rings (SSSR count). The summed E-state index contributed by atoms with van der Waals surface area (Å²) in [6.45, 7) is 1.92. The van der Waals surface area contributed by atoms with Crippen molar-refractivity contribution in [2.45, 2.75) is 51.1 Å². The van der Waals surface area contributed by atoms with E-state index in [0.717, 1.165) is 12.8 Å². The highest BCUT2D eigenvalue weighted by molar-refractivity contribution is 7.91. The molecule has 0 aromatic carbocycles. The third kappa shape index (κ3) is 6.51. The van der Waals surface area contributed by atoms with E-state index in [1.54, 1.807) is 0 Å². The summed E-state index contributed by atoms with van der Waals surface area (Å²) in [5, 5.41) is 0. The predicted molar refractivity (Wildman–Crippen MR) is 58.4 cm³/mol. The SMILES string of the molecule is CCCCCCS(=O)(=O)CCC(F)(F)C(F)(F)F. The van der Waals surface area contributed by atoms with Gasteiger partial charge >= 0.3 is 12.1 Å². The number of halogens is 5. The van der Waals surface area contributed by atoms with Gasteiger partial charge in [-0.05, 0) is 6.42 Å². The number of hydrogen-bond donors (Lipinski definition) is 0. The van der Waals surface area contributed by atoms with Gasteiger partial charge in [-0.1, -0.05) is 26.2 Å². The van der Waals surface area contributed by atoms with E-state index in [4.69, 9.17) is 0 Å². The van der Waals surface area contributed by atoms with Gasteiger partial charge in [-0.3, -0.25) is 0 Å². The van der Waals surface area contributed by atoms with Crippen molar-refractivity contribution in [1.82, 2.24) is 0 Å². The van der Waals surface area contributed by atoms with E-state index in [0.29, 0.717) is 12.8 Å². The smallest absolute Gasteiger partial charge is 0.229 e. The zero-order valence-corrected chi connectivity index (χ0v) is 10.9. The topological polar surface area (TPSA) is 34.1 Å². The first-order chi connectivity index (χ1) is 8.02. The summed E-state index contributed by atoms with van der Waals surface area (Å²) < 4.78 is 83.0. The summed E-state index contributed by atoms with van der Waals surface area (Å²) in [6, 6.07) is 0. The van der Waals surface area contributed by atoms with E-state index in [1.807, 2.05) is 6.92 Å². The Labute approximate surface area is 103 Å². The molecule has 0 aliphatic rings. The fourth-order valence-electron chi connectivity index (χ4n) is 1.28. The zero-order valence-electron chi connectivity index (χ0n) is 10.1. The van der Waals surface area contributed by atoms with E-state index in [1.165, 1.54) is 0 Å². The second-order valence-electron chi connectivity index (χ2n) is 4.16. The number of unbranched alkanes of at least 4 members (excludes halogenated alkanes) is 3. The summed E-state index contributed by atoms with van der Waals surface area (Å²) in [6.07, 6.45) is -4.77. The zero-order chi connectivity index (χ0) is 14.4. The van der Waals surface area contributed by atoms with Gasteiger partial charge < -0.3 is 0 Å². The lowest BCUT2D eigenvalue weighted by Crippen LogP contribution is -2.38. The van der Waals surface area contributed by atoms with Gasteiger partial charge in [0.05, 0.1) is 11.5 Å². The maximum atomic E-state index is 12.5. The molecule has 0 bridgehead atoms. The monoisotopic (exact) mass is 296 g/mol. The molecule has 18 heavy (non-hydrogen) atoms. The van der Waals surface area contributed by atoms with Gasteiger partial charge in [-0.15, -0.1) is 0 Å². The van der Waals surface area contributed by atoms with Crippen molar-refractivity contribution >= 4 is 9.84 Å². The third-order valence-electron chi connectivity index (χ3n) is 2.45.